The van der Waals surface area contributed by atoms with E-state index < -0.39 is 0 Å². The van der Waals surface area contributed by atoms with E-state index in [0.717, 1.165) is 5.56 Å². The maximum absolute atomic E-state index is 11.0. The summed E-state index contributed by atoms with van der Waals surface area (Å²) in [6.45, 7) is 0.214. The summed E-state index contributed by atoms with van der Waals surface area (Å²) in [7, 11) is 0. The Morgan fingerprint density at radius 3 is 3.07 bits per heavy atom. The monoisotopic (exact) mass is 193 g/mol. The number of carbonyl (C=O) groups excluding carboxylic acids is 2. The molecule has 0 saturated carbocycles. The van der Waals surface area contributed by atoms with Crippen molar-refractivity contribution in [1.29, 1.82) is 0 Å². The van der Waals surface area contributed by atoms with Crippen molar-refractivity contribution in [2.24, 2.45) is 0 Å². The van der Waals surface area contributed by atoms with Gasteiger partial charge in [0.2, 0.25) is 0 Å². The molecule has 0 spiro atoms. The topological polar surface area (TPSA) is 56.3 Å². The van der Waals surface area contributed by atoms with Crippen LogP contribution in [0.4, 0.5) is 0 Å². The Morgan fingerprint density at radius 2 is 2.43 bits per heavy atom. The fraction of sp³-hybridized carbons (Fsp3) is 0.300. The number of hydrogen-bond donors (Lipinski definition) is 0. The Labute approximate surface area is 81.9 Å². The lowest BCUT2D eigenvalue weighted by Crippen LogP contribution is -2.04. The highest BCUT2D eigenvalue weighted by atomic mass is 16.5. The molecular weight excluding hydrogens is 182 g/mol. The highest BCUT2D eigenvalue weighted by Gasteiger charge is 2.01. The largest absolute Gasteiger partial charge is 0.461 e. The molecule has 0 amide bonds. The zero-order valence-corrected chi connectivity index (χ0v) is 7.68. The Hall–Kier alpha value is -1.71. The van der Waals surface area contributed by atoms with E-state index in [1.54, 1.807) is 18.5 Å². The fourth-order valence-corrected chi connectivity index (χ4v) is 0.896. The van der Waals surface area contributed by atoms with Crippen molar-refractivity contribution < 1.29 is 14.3 Å². The standard InChI is InChI=1S/C10H11NO3/c12-6-2-4-10(13)14-8-9-3-1-5-11-7-9/h1,3,5-7H,2,4,8H2. The average molecular weight is 193 g/mol. The number of aldehydes is 1. The van der Waals surface area contributed by atoms with E-state index in [1.807, 2.05) is 6.07 Å². The minimum atomic E-state index is -0.360. The van der Waals surface area contributed by atoms with Gasteiger partial charge >= 0.3 is 5.97 Å². The average Bonchev–Trinajstić information content (AvgIpc) is 2.25. The van der Waals surface area contributed by atoms with Crippen LogP contribution in [0.5, 0.6) is 0 Å². The zero-order chi connectivity index (χ0) is 10.2. The van der Waals surface area contributed by atoms with Gasteiger partial charge in [-0.3, -0.25) is 9.78 Å². The van der Waals surface area contributed by atoms with Gasteiger partial charge in [0.15, 0.2) is 0 Å². The third-order valence-electron chi connectivity index (χ3n) is 1.59. The van der Waals surface area contributed by atoms with Crippen molar-refractivity contribution >= 4 is 12.3 Å². The van der Waals surface area contributed by atoms with Crippen LogP contribution >= 0.6 is 0 Å². The lowest BCUT2D eigenvalue weighted by Gasteiger charge is -2.02. The van der Waals surface area contributed by atoms with Crippen LogP contribution in [-0.4, -0.2) is 17.2 Å². The third-order valence-corrected chi connectivity index (χ3v) is 1.59. The van der Waals surface area contributed by atoms with Gasteiger partial charge in [0.05, 0.1) is 6.42 Å². The van der Waals surface area contributed by atoms with Crippen LogP contribution in [-0.2, 0) is 20.9 Å². The predicted octanol–water partition coefficient (Wildman–Crippen LogP) is 1.10. The molecule has 1 aromatic rings. The van der Waals surface area contributed by atoms with Crippen LogP contribution in [0, 0.1) is 0 Å². The molecule has 0 aliphatic carbocycles. The van der Waals surface area contributed by atoms with Gasteiger partial charge in [-0.1, -0.05) is 6.07 Å². The molecule has 74 valence electrons. The second-order valence-corrected chi connectivity index (χ2v) is 2.73. The van der Waals surface area contributed by atoms with Crippen molar-refractivity contribution in [2.75, 3.05) is 0 Å². The molecule has 0 bridgehead atoms. The second kappa shape index (κ2) is 5.85. The second-order valence-electron chi connectivity index (χ2n) is 2.73. The fourth-order valence-electron chi connectivity index (χ4n) is 0.896. The maximum atomic E-state index is 11.0. The summed E-state index contributed by atoms with van der Waals surface area (Å²) >= 11 is 0. The van der Waals surface area contributed by atoms with Crippen molar-refractivity contribution in [3.8, 4) is 0 Å². The highest BCUT2D eigenvalue weighted by molar-refractivity contribution is 5.72. The van der Waals surface area contributed by atoms with Crippen LogP contribution < -0.4 is 0 Å². The minimum absolute atomic E-state index is 0.143. The number of rotatable bonds is 5. The molecule has 0 fully saturated rings. The normalized spacial score (nSPS) is 9.43. The molecule has 0 saturated heterocycles. The summed E-state index contributed by atoms with van der Waals surface area (Å²) in [5.41, 5.74) is 0.840. The molecule has 0 atom stereocenters. The lowest BCUT2D eigenvalue weighted by molar-refractivity contribution is -0.145. The van der Waals surface area contributed by atoms with Gasteiger partial charge in [-0.25, -0.2) is 0 Å². The zero-order valence-electron chi connectivity index (χ0n) is 7.68. The number of esters is 1. The van der Waals surface area contributed by atoms with Gasteiger partial charge in [-0.15, -0.1) is 0 Å². The van der Waals surface area contributed by atoms with Crippen LogP contribution in [0.3, 0.4) is 0 Å². The number of carbonyl (C=O) groups is 2. The Kier molecular flexibility index (Phi) is 4.34. The summed E-state index contributed by atoms with van der Waals surface area (Å²) in [4.78, 5) is 24.8. The molecule has 0 aromatic carbocycles. The number of aromatic nitrogens is 1. The smallest absolute Gasteiger partial charge is 0.306 e. The summed E-state index contributed by atoms with van der Waals surface area (Å²) in [5, 5.41) is 0. The first kappa shape index (κ1) is 10.4. The number of hydrogen-bond acceptors (Lipinski definition) is 4. The molecule has 4 nitrogen and oxygen atoms in total. The molecule has 1 heterocycles. The first-order valence-electron chi connectivity index (χ1n) is 4.31. The van der Waals surface area contributed by atoms with Crippen LogP contribution in [0.15, 0.2) is 24.5 Å². The lowest BCUT2D eigenvalue weighted by atomic mass is 10.3. The highest BCUT2D eigenvalue weighted by Crippen LogP contribution is 2.00. The molecule has 0 aliphatic heterocycles. The van der Waals surface area contributed by atoms with Crippen molar-refractivity contribution in [3.63, 3.8) is 0 Å². The number of ether oxygens (including phenoxy) is 1. The van der Waals surface area contributed by atoms with E-state index in [0.29, 0.717) is 6.29 Å². The first-order valence-corrected chi connectivity index (χ1v) is 4.31. The van der Waals surface area contributed by atoms with Crippen LogP contribution in [0.25, 0.3) is 0 Å². The molecule has 0 radical (unpaired) electrons. The molecule has 1 rings (SSSR count). The molecule has 4 heteroatoms. The van der Waals surface area contributed by atoms with Gasteiger partial charge in [0.25, 0.3) is 0 Å². The van der Waals surface area contributed by atoms with E-state index in [9.17, 15) is 9.59 Å². The van der Waals surface area contributed by atoms with Gasteiger partial charge in [0, 0.05) is 24.4 Å². The van der Waals surface area contributed by atoms with E-state index in [2.05, 4.69) is 4.98 Å². The van der Waals surface area contributed by atoms with Crippen molar-refractivity contribution in [1.82, 2.24) is 4.98 Å². The number of pyridine rings is 1. The Morgan fingerprint density at radius 1 is 1.57 bits per heavy atom. The quantitative estimate of drug-likeness (QED) is 0.519. The minimum Gasteiger partial charge on any atom is -0.461 e. The SMILES string of the molecule is O=CCCC(=O)OCc1cccnc1. The van der Waals surface area contributed by atoms with Crippen LogP contribution in [0.2, 0.25) is 0 Å². The van der Waals surface area contributed by atoms with E-state index in [1.165, 1.54) is 0 Å². The molecular formula is C10H11NO3. The van der Waals surface area contributed by atoms with E-state index in [-0.39, 0.29) is 25.4 Å². The van der Waals surface area contributed by atoms with Gasteiger partial charge in [-0.2, -0.15) is 0 Å². The summed E-state index contributed by atoms with van der Waals surface area (Å²) in [6, 6.07) is 3.59. The molecule has 0 N–H and O–H groups in total. The number of nitrogens with zero attached hydrogens (tertiary/aromatic N) is 1. The third kappa shape index (κ3) is 3.80. The van der Waals surface area contributed by atoms with E-state index >= 15 is 0 Å². The molecule has 1 aromatic heterocycles. The van der Waals surface area contributed by atoms with Gasteiger partial charge < -0.3 is 9.53 Å². The van der Waals surface area contributed by atoms with Gasteiger partial charge in [-0.05, 0) is 6.07 Å². The molecule has 14 heavy (non-hydrogen) atoms. The van der Waals surface area contributed by atoms with Crippen LogP contribution in [0.1, 0.15) is 18.4 Å². The summed E-state index contributed by atoms with van der Waals surface area (Å²) in [5.74, 6) is -0.360. The Bertz CT molecular complexity index is 297. The maximum Gasteiger partial charge on any atom is 0.306 e. The Balaban J connectivity index is 2.27. The molecule has 0 unspecified atom stereocenters. The summed E-state index contributed by atoms with van der Waals surface area (Å²) in [6.07, 6.45) is 4.34. The predicted molar refractivity (Wildman–Crippen MR) is 49.3 cm³/mol. The van der Waals surface area contributed by atoms with Gasteiger partial charge in [0.1, 0.15) is 12.9 Å². The summed E-state index contributed by atoms with van der Waals surface area (Å²) < 4.78 is 4.89. The van der Waals surface area contributed by atoms with Crippen molar-refractivity contribution in [2.45, 2.75) is 19.4 Å². The first-order chi connectivity index (χ1) is 6.83. The molecule has 0 aliphatic rings. The van der Waals surface area contributed by atoms with E-state index in [4.69, 9.17) is 4.74 Å². The van der Waals surface area contributed by atoms with Crippen molar-refractivity contribution in [3.05, 3.63) is 30.1 Å².